The minimum atomic E-state index is -0.677. The second-order valence-corrected chi connectivity index (χ2v) is 2.41. The van der Waals surface area contributed by atoms with E-state index < -0.39 is 11.9 Å². The molecule has 54 valence electrons. The molecule has 0 bridgehead atoms. The Bertz CT molecular complexity index is 94.5. The second-order valence-electron chi connectivity index (χ2n) is 2.41. The molecule has 1 aliphatic carbocycles. The molecule has 0 heterocycles. The summed E-state index contributed by atoms with van der Waals surface area (Å²) in [5.41, 5.74) is -0.677. The van der Waals surface area contributed by atoms with Crippen molar-refractivity contribution < 1.29 is 14.6 Å². The number of hydrogen-bond acceptors (Lipinski definition) is 3. The van der Waals surface area contributed by atoms with Crippen LogP contribution in [0.15, 0.2) is 0 Å². The van der Waals surface area contributed by atoms with Crippen LogP contribution in [0.25, 0.3) is 0 Å². The van der Waals surface area contributed by atoms with E-state index in [0.717, 1.165) is 12.8 Å². The predicted molar refractivity (Wildman–Crippen MR) is 32.0 cm³/mol. The normalized spacial score (nSPS) is 22.7. The van der Waals surface area contributed by atoms with Crippen molar-refractivity contribution in [2.45, 2.75) is 24.7 Å². The van der Waals surface area contributed by atoms with Crippen LogP contribution in [0.3, 0.4) is 0 Å². The number of hydrogen-bond donors (Lipinski definition) is 1. The van der Waals surface area contributed by atoms with E-state index >= 15 is 0 Å². The Morgan fingerprint density at radius 2 is 1.78 bits per heavy atom. The van der Waals surface area contributed by atoms with E-state index in [1.807, 2.05) is 0 Å². The lowest BCUT2D eigenvalue weighted by atomic mass is 10.3. The van der Waals surface area contributed by atoms with Crippen molar-refractivity contribution in [3.63, 3.8) is 0 Å². The van der Waals surface area contributed by atoms with E-state index in [1.54, 1.807) is 0 Å². The fourth-order valence-corrected chi connectivity index (χ4v) is 0.899. The third-order valence-electron chi connectivity index (χ3n) is 1.63. The van der Waals surface area contributed by atoms with Crippen molar-refractivity contribution in [1.82, 2.24) is 0 Å². The van der Waals surface area contributed by atoms with Gasteiger partial charge in [0.1, 0.15) is 5.60 Å². The van der Waals surface area contributed by atoms with Crippen molar-refractivity contribution in [3.05, 3.63) is 0 Å². The third-order valence-corrected chi connectivity index (χ3v) is 1.63. The number of ether oxygens (including phenoxy) is 2. The first-order valence-corrected chi connectivity index (χ1v) is 3.01. The molecule has 0 aromatic carbocycles. The Morgan fingerprint density at radius 1 is 1.33 bits per heavy atom. The molecule has 1 N–H and O–H groups in total. The summed E-state index contributed by atoms with van der Waals surface area (Å²) in [5.74, 6) is 0. The highest BCUT2D eigenvalue weighted by atomic mass is 16.7. The van der Waals surface area contributed by atoms with E-state index in [-0.39, 0.29) is 0 Å². The Hall–Kier alpha value is -0.120. The zero-order valence-electron chi connectivity index (χ0n) is 5.76. The number of methoxy groups -OCH3 is 2. The minimum absolute atomic E-state index is 0.433. The van der Waals surface area contributed by atoms with Crippen LogP contribution >= 0.6 is 0 Å². The van der Waals surface area contributed by atoms with Gasteiger partial charge in [0, 0.05) is 14.2 Å². The summed E-state index contributed by atoms with van der Waals surface area (Å²) in [7, 11) is 3.06. The van der Waals surface area contributed by atoms with Crippen molar-refractivity contribution in [1.29, 1.82) is 0 Å². The first-order chi connectivity index (χ1) is 4.23. The van der Waals surface area contributed by atoms with Crippen LogP contribution in [-0.2, 0) is 9.47 Å². The van der Waals surface area contributed by atoms with Gasteiger partial charge in [-0.15, -0.1) is 0 Å². The molecule has 0 aromatic heterocycles. The molecular weight excluding hydrogens is 120 g/mol. The van der Waals surface area contributed by atoms with Crippen molar-refractivity contribution in [3.8, 4) is 0 Å². The Balaban J connectivity index is 2.37. The highest BCUT2D eigenvalue weighted by Gasteiger charge is 2.48. The highest BCUT2D eigenvalue weighted by Crippen LogP contribution is 2.39. The summed E-state index contributed by atoms with van der Waals surface area (Å²) in [5, 5.41) is 9.34. The maximum absolute atomic E-state index is 9.34. The molecule has 0 amide bonds. The van der Waals surface area contributed by atoms with Crippen molar-refractivity contribution in [2.75, 3.05) is 14.2 Å². The lowest BCUT2D eigenvalue weighted by molar-refractivity contribution is -0.175. The first kappa shape index (κ1) is 6.99. The SMILES string of the molecule is COC(OC)C1(O)CC1. The lowest BCUT2D eigenvalue weighted by Gasteiger charge is -2.18. The largest absolute Gasteiger partial charge is 0.385 e. The molecule has 0 saturated heterocycles. The van der Waals surface area contributed by atoms with Crippen LogP contribution in [-0.4, -0.2) is 31.2 Å². The summed E-state index contributed by atoms with van der Waals surface area (Å²) >= 11 is 0. The van der Waals surface area contributed by atoms with Gasteiger partial charge in [-0.3, -0.25) is 0 Å². The molecular formula is C6H12O3. The average molecular weight is 132 g/mol. The standard InChI is InChI=1S/C6H12O3/c1-8-5(9-2)6(7)3-4-6/h5,7H,3-4H2,1-2H3. The van der Waals surface area contributed by atoms with Crippen LogP contribution in [0.5, 0.6) is 0 Å². The predicted octanol–water partition coefficient (Wildman–Crippen LogP) is 0.130. The van der Waals surface area contributed by atoms with E-state index in [9.17, 15) is 5.11 Å². The maximum atomic E-state index is 9.34. The molecule has 3 heteroatoms. The van der Waals surface area contributed by atoms with Gasteiger partial charge in [0.15, 0.2) is 6.29 Å². The summed E-state index contributed by atoms with van der Waals surface area (Å²) in [6.45, 7) is 0. The summed E-state index contributed by atoms with van der Waals surface area (Å²) in [4.78, 5) is 0. The summed E-state index contributed by atoms with van der Waals surface area (Å²) < 4.78 is 9.71. The maximum Gasteiger partial charge on any atom is 0.185 e. The summed E-state index contributed by atoms with van der Waals surface area (Å²) in [6.07, 6.45) is 1.15. The molecule has 0 radical (unpaired) electrons. The Labute approximate surface area is 54.6 Å². The molecule has 0 atom stereocenters. The molecule has 0 spiro atoms. The van der Waals surface area contributed by atoms with Crippen molar-refractivity contribution in [2.24, 2.45) is 0 Å². The smallest absolute Gasteiger partial charge is 0.185 e. The molecule has 1 rings (SSSR count). The molecule has 0 unspecified atom stereocenters. The van der Waals surface area contributed by atoms with E-state index in [2.05, 4.69) is 0 Å². The fraction of sp³-hybridized carbons (Fsp3) is 1.00. The van der Waals surface area contributed by atoms with Crippen molar-refractivity contribution >= 4 is 0 Å². The second kappa shape index (κ2) is 2.25. The molecule has 1 saturated carbocycles. The molecule has 1 fully saturated rings. The van der Waals surface area contributed by atoms with Gasteiger partial charge < -0.3 is 14.6 Å². The monoisotopic (exact) mass is 132 g/mol. The number of aliphatic hydroxyl groups is 1. The van der Waals surface area contributed by atoms with Gasteiger partial charge in [-0.1, -0.05) is 0 Å². The van der Waals surface area contributed by atoms with E-state index in [0.29, 0.717) is 0 Å². The van der Waals surface area contributed by atoms with Gasteiger partial charge in [0.25, 0.3) is 0 Å². The van der Waals surface area contributed by atoms with Gasteiger partial charge in [-0.2, -0.15) is 0 Å². The van der Waals surface area contributed by atoms with E-state index in [1.165, 1.54) is 14.2 Å². The number of rotatable bonds is 3. The first-order valence-electron chi connectivity index (χ1n) is 3.01. The Kier molecular flexibility index (Phi) is 1.75. The van der Waals surface area contributed by atoms with Crippen LogP contribution in [0, 0.1) is 0 Å². The topological polar surface area (TPSA) is 38.7 Å². The average Bonchev–Trinajstić information content (AvgIpc) is 2.52. The summed E-state index contributed by atoms with van der Waals surface area (Å²) in [6, 6.07) is 0. The third kappa shape index (κ3) is 1.23. The molecule has 9 heavy (non-hydrogen) atoms. The van der Waals surface area contributed by atoms with Crippen LogP contribution in [0.2, 0.25) is 0 Å². The van der Waals surface area contributed by atoms with E-state index in [4.69, 9.17) is 9.47 Å². The molecule has 3 nitrogen and oxygen atoms in total. The molecule has 0 aliphatic heterocycles. The fourth-order valence-electron chi connectivity index (χ4n) is 0.899. The van der Waals surface area contributed by atoms with Crippen LogP contribution in [0.4, 0.5) is 0 Å². The van der Waals surface area contributed by atoms with Crippen LogP contribution < -0.4 is 0 Å². The quantitative estimate of drug-likeness (QED) is 0.555. The molecule has 1 aliphatic rings. The minimum Gasteiger partial charge on any atom is -0.385 e. The highest BCUT2D eigenvalue weighted by molar-refractivity contribution is 4.96. The zero-order chi connectivity index (χ0) is 6.91. The van der Waals surface area contributed by atoms with Gasteiger partial charge in [-0.25, -0.2) is 0 Å². The van der Waals surface area contributed by atoms with Crippen LogP contribution in [0.1, 0.15) is 12.8 Å². The van der Waals surface area contributed by atoms with Gasteiger partial charge in [0.2, 0.25) is 0 Å². The van der Waals surface area contributed by atoms with Gasteiger partial charge >= 0.3 is 0 Å². The zero-order valence-corrected chi connectivity index (χ0v) is 5.76. The Morgan fingerprint density at radius 3 is 1.89 bits per heavy atom. The molecule has 0 aromatic rings. The van der Waals surface area contributed by atoms with Gasteiger partial charge in [0.05, 0.1) is 0 Å². The van der Waals surface area contributed by atoms with Gasteiger partial charge in [-0.05, 0) is 12.8 Å². The lowest BCUT2D eigenvalue weighted by Crippen LogP contribution is -2.31.